The van der Waals surface area contributed by atoms with Gasteiger partial charge >= 0.3 is 0 Å². The average molecular weight is 347 g/mol. The number of carbonyl (C=O) groups is 1. The molecule has 3 unspecified atom stereocenters. The van der Waals surface area contributed by atoms with Crippen LogP contribution in [0.5, 0.6) is 5.75 Å². The van der Waals surface area contributed by atoms with Crippen LogP contribution in [0, 0.1) is 11.6 Å². The van der Waals surface area contributed by atoms with Gasteiger partial charge in [0, 0.05) is 24.2 Å². The summed E-state index contributed by atoms with van der Waals surface area (Å²) < 4.78 is 31.4. The van der Waals surface area contributed by atoms with Crippen LogP contribution in [0.2, 0.25) is 0 Å². The zero-order valence-corrected chi connectivity index (χ0v) is 13.7. The van der Waals surface area contributed by atoms with E-state index in [-0.39, 0.29) is 30.1 Å². The molecule has 2 saturated heterocycles. The smallest absolute Gasteiger partial charge is 0.260 e. The van der Waals surface area contributed by atoms with E-state index in [1.54, 1.807) is 6.92 Å². The predicted octanol–water partition coefficient (Wildman–Crippen LogP) is 2.55. The lowest BCUT2D eigenvalue weighted by Gasteiger charge is -2.30. The van der Waals surface area contributed by atoms with Crippen molar-refractivity contribution in [3.63, 3.8) is 0 Å². The minimum absolute atomic E-state index is 0. The SMILES string of the molecule is CC(Oc1ccc(F)c(F)c1)C(=O)NC1CC2CCC(C1)N2.Cl. The summed E-state index contributed by atoms with van der Waals surface area (Å²) in [5, 5.41) is 6.51. The molecular weight excluding hydrogens is 326 g/mol. The molecule has 0 aliphatic carbocycles. The quantitative estimate of drug-likeness (QED) is 0.881. The Morgan fingerprint density at radius 1 is 1.26 bits per heavy atom. The molecule has 1 aromatic carbocycles. The summed E-state index contributed by atoms with van der Waals surface area (Å²) in [6, 6.07) is 4.39. The van der Waals surface area contributed by atoms with Gasteiger partial charge in [0.2, 0.25) is 0 Å². The van der Waals surface area contributed by atoms with Crippen molar-refractivity contribution < 1.29 is 18.3 Å². The first-order valence-electron chi connectivity index (χ1n) is 7.69. The van der Waals surface area contributed by atoms with Gasteiger partial charge < -0.3 is 15.4 Å². The van der Waals surface area contributed by atoms with Crippen molar-refractivity contribution in [2.45, 2.75) is 56.8 Å². The molecule has 1 aromatic rings. The first-order valence-corrected chi connectivity index (χ1v) is 7.69. The maximum absolute atomic E-state index is 13.1. The standard InChI is InChI=1S/C16H20F2N2O2.ClH/c1-9(22-13-4-5-14(17)15(18)8-13)16(21)20-12-6-10-2-3-11(7-12)19-10;/h4-5,8-12,19H,2-3,6-7H2,1H3,(H,20,21);1H. The van der Waals surface area contributed by atoms with E-state index in [1.165, 1.54) is 6.07 Å². The Morgan fingerprint density at radius 2 is 1.91 bits per heavy atom. The second kappa shape index (κ2) is 7.45. The molecule has 23 heavy (non-hydrogen) atoms. The van der Waals surface area contributed by atoms with Gasteiger partial charge in [-0.05, 0) is 44.7 Å². The van der Waals surface area contributed by atoms with Gasteiger partial charge in [-0.1, -0.05) is 0 Å². The summed E-state index contributed by atoms with van der Waals surface area (Å²) in [6.07, 6.45) is 3.44. The molecule has 128 valence electrons. The number of fused-ring (bicyclic) bond motifs is 2. The lowest BCUT2D eigenvalue weighted by Crippen LogP contribution is -2.50. The number of benzene rings is 1. The van der Waals surface area contributed by atoms with Crippen molar-refractivity contribution in [2.75, 3.05) is 0 Å². The van der Waals surface area contributed by atoms with Gasteiger partial charge in [0.1, 0.15) is 5.75 Å². The van der Waals surface area contributed by atoms with Crippen molar-refractivity contribution in [2.24, 2.45) is 0 Å². The fraction of sp³-hybridized carbons (Fsp3) is 0.562. The largest absolute Gasteiger partial charge is 0.481 e. The maximum Gasteiger partial charge on any atom is 0.260 e. The number of ether oxygens (including phenoxy) is 1. The van der Waals surface area contributed by atoms with E-state index in [1.807, 2.05) is 0 Å². The van der Waals surface area contributed by atoms with Crippen molar-refractivity contribution in [3.05, 3.63) is 29.8 Å². The zero-order valence-electron chi connectivity index (χ0n) is 12.9. The molecule has 2 N–H and O–H groups in total. The molecular formula is C16H21ClF2N2O2. The lowest BCUT2D eigenvalue weighted by atomic mass is 9.99. The van der Waals surface area contributed by atoms with Crippen LogP contribution in [0.1, 0.15) is 32.6 Å². The molecule has 0 radical (unpaired) electrons. The van der Waals surface area contributed by atoms with Gasteiger partial charge in [-0.25, -0.2) is 8.78 Å². The Hall–Kier alpha value is -1.40. The monoisotopic (exact) mass is 346 g/mol. The number of rotatable bonds is 4. The summed E-state index contributed by atoms with van der Waals surface area (Å²) in [7, 11) is 0. The highest BCUT2D eigenvalue weighted by molar-refractivity contribution is 5.85. The van der Waals surface area contributed by atoms with Crippen LogP contribution in [0.15, 0.2) is 18.2 Å². The Morgan fingerprint density at radius 3 is 2.52 bits per heavy atom. The Kier molecular flexibility index (Phi) is 5.81. The summed E-state index contributed by atoms with van der Waals surface area (Å²) in [5.74, 6) is -2.00. The van der Waals surface area contributed by atoms with Gasteiger partial charge in [-0.15, -0.1) is 12.4 Å². The average Bonchev–Trinajstić information content (AvgIpc) is 2.82. The van der Waals surface area contributed by atoms with Crippen molar-refractivity contribution in [3.8, 4) is 5.75 Å². The third-order valence-electron chi connectivity index (χ3n) is 4.39. The number of carbonyl (C=O) groups excluding carboxylic acids is 1. The number of hydrogen-bond acceptors (Lipinski definition) is 3. The third kappa shape index (κ3) is 4.32. The Bertz CT molecular complexity index is 561. The molecule has 0 saturated carbocycles. The highest BCUT2D eigenvalue weighted by Crippen LogP contribution is 2.27. The van der Waals surface area contributed by atoms with E-state index in [2.05, 4.69) is 10.6 Å². The van der Waals surface area contributed by atoms with E-state index < -0.39 is 17.7 Å². The van der Waals surface area contributed by atoms with Gasteiger partial charge in [0.15, 0.2) is 17.7 Å². The van der Waals surface area contributed by atoms with Gasteiger partial charge in [0.05, 0.1) is 0 Å². The van der Waals surface area contributed by atoms with E-state index in [4.69, 9.17) is 4.74 Å². The lowest BCUT2D eigenvalue weighted by molar-refractivity contribution is -0.128. The van der Waals surface area contributed by atoms with Crippen LogP contribution in [-0.2, 0) is 4.79 Å². The molecule has 0 spiro atoms. The van der Waals surface area contributed by atoms with Gasteiger partial charge in [-0.2, -0.15) is 0 Å². The minimum atomic E-state index is -0.986. The predicted molar refractivity (Wildman–Crippen MR) is 84.8 cm³/mol. The summed E-state index contributed by atoms with van der Waals surface area (Å²) in [4.78, 5) is 12.2. The number of halogens is 3. The number of nitrogens with one attached hydrogen (secondary N) is 2. The Labute approximate surface area is 140 Å². The highest BCUT2D eigenvalue weighted by Gasteiger charge is 2.34. The van der Waals surface area contributed by atoms with E-state index >= 15 is 0 Å². The number of amides is 1. The van der Waals surface area contributed by atoms with Crippen LogP contribution in [0.3, 0.4) is 0 Å². The number of piperidine rings is 1. The second-order valence-electron chi connectivity index (χ2n) is 6.15. The zero-order chi connectivity index (χ0) is 15.7. The van der Waals surface area contributed by atoms with Crippen molar-refractivity contribution >= 4 is 18.3 Å². The maximum atomic E-state index is 13.1. The molecule has 3 rings (SSSR count). The summed E-state index contributed by atoms with van der Waals surface area (Å²) >= 11 is 0. The normalized spacial score (nSPS) is 27.0. The first-order chi connectivity index (χ1) is 10.5. The molecule has 2 aliphatic heterocycles. The fourth-order valence-electron chi connectivity index (χ4n) is 3.30. The fourth-order valence-corrected chi connectivity index (χ4v) is 3.30. The molecule has 2 aliphatic rings. The van der Waals surface area contributed by atoms with Crippen LogP contribution in [0.4, 0.5) is 8.78 Å². The second-order valence-corrected chi connectivity index (χ2v) is 6.15. The van der Waals surface area contributed by atoms with Crippen LogP contribution < -0.4 is 15.4 Å². The number of hydrogen-bond donors (Lipinski definition) is 2. The Balaban J connectivity index is 0.00000192. The van der Waals surface area contributed by atoms with Crippen LogP contribution >= 0.6 is 12.4 Å². The molecule has 7 heteroatoms. The van der Waals surface area contributed by atoms with E-state index in [9.17, 15) is 13.6 Å². The van der Waals surface area contributed by atoms with Crippen LogP contribution in [-0.4, -0.2) is 30.1 Å². The van der Waals surface area contributed by atoms with Gasteiger partial charge in [-0.3, -0.25) is 4.79 Å². The minimum Gasteiger partial charge on any atom is -0.481 e. The first kappa shape index (κ1) is 17.9. The van der Waals surface area contributed by atoms with Gasteiger partial charge in [0.25, 0.3) is 5.91 Å². The van der Waals surface area contributed by atoms with Crippen LogP contribution in [0.25, 0.3) is 0 Å². The molecule has 4 nitrogen and oxygen atoms in total. The van der Waals surface area contributed by atoms with Crippen molar-refractivity contribution in [1.29, 1.82) is 0 Å². The topological polar surface area (TPSA) is 50.4 Å². The van der Waals surface area contributed by atoms with E-state index in [0.29, 0.717) is 12.1 Å². The summed E-state index contributed by atoms with van der Waals surface area (Å²) in [6.45, 7) is 1.60. The molecule has 0 aromatic heterocycles. The molecule has 2 bridgehead atoms. The molecule has 2 heterocycles. The summed E-state index contributed by atoms with van der Waals surface area (Å²) in [5.41, 5.74) is 0. The molecule has 3 atom stereocenters. The molecule has 2 fully saturated rings. The molecule has 1 amide bonds. The van der Waals surface area contributed by atoms with Crippen molar-refractivity contribution in [1.82, 2.24) is 10.6 Å². The third-order valence-corrected chi connectivity index (χ3v) is 4.39. The van der Waals surface area contributed by atoms with E-state index in [0.717, 1.165) is 37.8 Å². The highest BCUT2D eigenvalue weighted by atomic mass is 35.5.